The molecular weight excluding hydrogens is 365 g/mol. The second-order valence-electron chi connectivity index (χ2n) is 8.59. The summed E-state index contributed by atoms with van der Waals surface area (Å²) in [5.41, 5.74) is 8.75. The van der Waals surface area contributed by atoms with Crippen molar-refractivity contribution in [2.24, 2.45) is 0 Å². The third-order valence-corrected chi connectivity index (χ3v) is 6.52. The van der Waals surface area contributed by atoms with Crippen LogP contribution in [0.15, 0.2) is 97.1 Å². The van der Waals surface area contributed by atoms with Crippen LogP contribution in [0.5, 0.6) is 5.75 Å². The van der Waals surface area contributed by atoms with E-state index in [-0.39, 0.29) is 12.3 Å². The molecule has 0 N–H and O–H groups in total. The van der Waals surface area contributed by atoms with Crippen molar-refractivity contribution in [3.63, 3.8) is 0 Å². The Morgan fingerprint density at radius 2 is 1.27 bits per heavy atom. The smallest absolute Gasteiger partial charge is 0.430 e. The van der Waals surface area contributed by atoms with Crippen LogP contribution in [-0.4, -0.2) is 6.92 Å². The van der Waals surface area contributed by atoms with Crippen molar-refractivity contribution in [3.8, 4) is 5.75 Å². The molecule has 0 saturated carbocycles. The maximum atomic E-state index is 6.61. The Balaban J connectivity index is 1.65. The maximum Gasteiger partial charge on any atom is 0.430 e. The average Bonchev–Trinajstić information content (AvgIpc) is 2.79. The highest BCUT2D eigenvalue weighted by molar-refractivity contribution is 6.84. The van der Waals surface area contributed by atoms with Crippen LogP contribution in [0.25, 0.3) is 0 Å². The van der Waals surface area contributed by atoms with E-state index in [0.29, 0.717) is 0 Å². The third kappa shape index (κ3) is 2.32. The van der Waals surface area contributed by atoms with Gasteiger partial charge in [0.15, 0.2) is 0 Å². The Labute approximate surface area is 177 Å². The van der Waals surface area contributed by atoms with Gasteiger partial charge in [0, 0.05) is 16.8 Å². The molecule has 30 heavy (non-hydrogen) atoms. The van der Waals surface area contributed by atoms with Crippen molar-refractivity contribution in [2.75, 3.05) is 4.90 Å². The van der Waals surface area contributed by atoms with Gasteiger partial charge in [-0.2, -0.15) is 0 Å². The molecule has 144 valence electrons. The monoisotopic (exact) mass is 387 g/mol. The highest BCUT2D eigenvalue weighted by atomic mass is 16.4. The van der Waals surface area contributed by atoms with Gasteiger partial charge in [0.25, 0.3) is 0 Å². The molecule has 3 heteroatoms. The Morgan fingerprint density at radius 1 is 0.633 bits per heavy atom. The van der Waals surface area contributed by atoms with Gasteiger partial charge in [-0.3, -0.25) is 0 Å². The van der Waals surface area contributed by atoms with Crippen LogP contribution in [0.3, 0.4) is 0 Å². The molecule has 0 aromatic heterocycles. The van der Waals surface area contributed by atoms with Crippen LogP contribution in [0, 0.1) is 0 Å². The molecule has 0 aliphatic carbocycles. The second kappa shape index (κ2) is 6.27. The summed E-state index contributed by atoms with van der Waals surface area (Å²) in [6, 6.07) is 34.2. The van der Waals surface area contributed by atoms with Crippen molar-refractivity contribution < 1.29 is 4.65 Å². The number of anilines is 3. The SMILES string of the molecule is CC1(C)c2ccccc2N2c3ccccc3B(Oc3ccccc3)c3cccc1c32. The van der Waals surface area contributed by atoms with Crippen LogP contribution < -0.4 is 20.5 Å². The predicted octanol–water partition coefficient (Wildman–Crippen LogP) is 5.29. The number of fused-ring (bicyclic) bond motifs is 4. The highest BCUT2D eigenvalue weighted by Gasteiger charge is 2.45. The highest BCUT2D eigenvalue weighted by Crippen LogP contribution is 2.51. The molecule has 0 amide bonds. The molecule has 4 aromatic carbocycles. The summed E-state index contributed by atoms with van der Waals surface area (Å²) in [6.45, 7) is 4.51. The minimum atomic E-state index is -0.143. The second-order valence-corrected chi connectivity index (χ2v) is 8.59. The normalized spacial score (nSPS) is 15.1. The molecule has 0 saturated heterocycles. The Hall–Kier alpha value is -3.46. The van der Waals surface area contributed by atoms with Gasteiger partial charge < -0.3 is 9.55 Å². The zero-order valence-electron chi connectivity index (χ0n) is 17.2. The van der Waals surface area contributed by atoms with Gasteiger partial charge in [0.1, 0.15) is 0 Å². The summed E-state index contributed by atoms with van der Waals surface area (Å²) < 4.78 is 6.61. The summed E-state index contributed by atoms with van der Waals surface area (Å²) in [6.07, 6.45) is 0. The average molecular weight is 387 g/mol. The number of para-hydroxylation sites is 4. The van der Waals surface area contributed by atoms with E-state index in [1.807, 2.05) is 30.3 Å². The van der Waals surface area contributed by atoms with Crippen molar-refractivity contribution in [3.05, 3.63) is 108 Å². The van der Waals surface area contributed by atoms with Crippen molar-refractivity contribution in [2.45, 2.75) is 19.3 Å². The Morgan fingerprint density at radius 3 is 2.10 bits per heavy atom. The number of nitrogens with zero attached hydrogens (tertiary/aromatic N) is 1. The van der Waals surface area contributed by atoms with Gasteiger partial charge in [-0.25, -0.2) is 0 Å². The molecule has 2 nitrogen and oxygen atoms in total. The predicted molar refractivity (Wildman–Crippen MR) is 125 cm³/mol. The van der Waals surface area contributed by atoms with E-state index >= 15 is 0 Å². The van der Waals surface area contributed by atoms with E-state index in [2.05, 4.69) is 85.5 Å². The number of hydrogen-bond acceptors (Lipinski definition) is 2. The van der Waals surface area contributed by atoms with Gasteiger partial charge in [0.05, 0.1) is 11.4 Å². The zero-order valence-corrected chi connectivity index (χ0v) is 17.2. The summed E-state index contributed by atoms with van der Waals surface area (Å²) in [5, 5.41) is 0. The lowest BCUT2D eigenvalue weighted by molar-refractivity contribution is 0.590. The van der Waals surface area contributed by atoms with Crippen molar-refractivity contribution >= 4 is 34.9 Å². The topological polar surface area (TPSA) is 12.5 Å². The van der Waals surface area contributed by atoms with Crippen molar-refractivity contribution in [1.82, 2.24) is 0 Å². The van der Waals surface area contributed by atoms with Crippen LogP contribution in [-0.2, 0) is 5.41 Å². The molecule has 4 aromatic rings. The van der Waals surface area contributed by atoms with Crippen LogP contribution in [0.2, 0.25) is 0 Å². The lowest BCUT2D eigenvalue weighted by Gasteiger charge is -2.46. The fraction of sp³-hybridized carbons (Fsp3) is 0.111. The minimum absolute atomic E-state index is 0.0813. The van der Waals surface area contributed by atoms with E-state index in [1.165, 1.54) is 39.1 Å². The van der Waals surface area contributed by atoms with Crippen LogP contribution >= 0.6 is 0 Å². The molecule has 2 aliphatic heterocycles. The van der Waals surface area contributed by atoms with E-state index in [0.717, 1.165) is 5.75 Å². The lowest BCUT2D eigenvalue weighted by Crippen LogP contribution is -2.55. The first-order chi connectivity index (χ1) is 14.7. The maximum absolute atomic E-state index is 6.61. The van der Waals surface area contributed by atoms with E-state index < -0.39 is 0 Å². The first-order valence-electron chi connectivity index (χ1n) is 10.5. The zero-order chi connectivity index (χ0) is 20.3. The molecule has 0 unspecified atom stereocenters. The van der Waals surface area contributed by atoms with Crippen LogP contribution in [0.1, 0.15) is 25.0 Å². The van der Waals surface area contributed by atoms with Crippen molar-refractivity contribution in [1.29, 1.82) is 0 Å². The largest absolute Gasteiger partial charge is 0.551 e. The third-order valence-electron chi connectivity index (χ3n) is 6.52. The molecule has 2 heterocycles. The minimum Gasteiger partial charge on any atom is -0.551 e. The number of rotatable bonds is 2. The lowest BCUT2D eigenvalue weighted by atomic mass is 9.50. The first kappa shape index (κ1) is 17.4. The molecule has 0 radical (unpaired) electrons. The molecule has 0 atom stereocenters. The molecule has 0 bridgehead atoms. The van der Waals surface area contributed by atoms with Gasteiger partial charge in [-0.15, -0.1) is 0 Å². The Bertz CT molecular complexity index is 1260. The summed E-state index contributed by atoms with van der Waals surface area (Å²) >= 11 is 0. The van der Waals surface area contributed by atoms with Gasteiger partial charge in [-0.05, 0) is 46.3 Å². The van der Waals surface area contributed by atoms with E-state index in [9.17, 15) is 0 Å². The van der Waals surface area contributed by atoms with Gasteiger partial charge in [0.2, 0.25) is 0 Å². The molecule has 0 fully saturated rings. The fourth-order valence-electron chi connectivity index (χ4n) is 5.08. The molecule has 2 aliphatic rings. The number of benzene rings is 4. The quantitative estimate of drug-likeness (QED) is 0.433. The summed E-state index contributed by atoms with van der Waals surface area (Å²) in [5.74, 6) is 0.888. The van der Waals surface area contributed by atoms with Gasteiger partial charge in [-0.1, -0.05) is 86.6 Å². The molecule has 0 spiro atoms. The summed E-state index contributed by atoms with van der Waals surface area (Å²) in [7, 11) is 0. The summed E-state index contributed by atoms with van der Waals surface area (Å²) in [4.78, 5) is 2.44. The van der Waals surface area contributed by atoms with Crippen LogP contribution in [0.4, 0.5) is 17.1 Å². The fourth-order valence-corrected chi connectivity index (χ4v) is 5.08. The van der Waals surface area contributed by atoms with E-state index in [4.69, 9.17) is 4.65 Å². The molecule has 6 rings (SSSR count). The van der Waals surface area contributed by atoms with Gasteiger partial charge >= 0.3 is 6.92 Å². The molecular formula is C27H22BNO. The Kier molecular flexibility index (Phi) is 3.64. The van der Waals surface area contributed by atoms with E-state index in [1.54, 1.807) is 0 Å². The number of hydrogen-bond donors (Lipinski definition) is 0. The standard InChI is InChI=1S/C27H22BNO/c1-27(2)20-13-6-8-17-24(20)29-25-18-9-7-15-22(25)28(30-19-11-4-3-5-12-19)23-16-10-14-21(27)26(23)29/h3-18H,1-2H3. The first-order valence-corrected chi connectivity index (χ1v) is 10.5.